The van der Waals surface area contributed by atoms with E-state index in [0.29, 0.717) is 27.1 Å². The molecule has 3 aliphatic heterocycles. The molecule has 0 bridgehead atoms. The summed E-state index contributed by atoms with van der Waals surface area (Å²) in [5.41, 5.74) is 17.2. The van der Waals surface area contributed by atoms with Gasteiger partial charge in [-0.3, -0.25) is 9.59 Å². The maximum atomic E-state index is 15.8. The minimum absolute atomic E-state index is 0.119. The monoisotopic (exact) mass is 918 g/mol. The molecule has 0 fully saturated rings. The van der Waals surface area contributed by atoms with Crippen LogP contribution in [0.4, 0.5) is 51.2 Å². The van der Waals surface area contributed by atoms with Crippen molar-refractivity contribution < 1.29 is 0 Å². The van der Waals surface area contributed by atoms with E-state index < -0.39 is 0 Å². The van der Waals surface area contributed by atoms with Crippen LogP contribution in [-0.2, 0) is 16.2 Å². The highest BCUT2D eigenvalue weighted by Gasteiger charge is 2.40. The number of hydrogen-bond acceptors (Lipinski definition) is 5. The molecule has 5 heterocycles. The Bertz CT molecular complexity index is 3880. The lowest BCUT2D eigenvalue weighted by Gasteiger charge is -2.42. The molecule has 0 radical (unpaired) electrons. The fraction of sp³-hybridized carbons (Fsp3) is 0.138. The lowest BCUT2D eigenvalue weighted by Crippen LogP contribution is -2.30. The molecule has 2 aromatic heterocycles. The first kappa shape index (κ1) is 41.5. The third kappa shape index (κ3) is 5.47. The normalized spacial score (nSPS) is 15.8. The van der Waals surface area contributed by atoms with Gasteiger partial charge in [0.1, 0.15) is 0 Å². The van der Waals surface area contributed by atoms with Crippen LogP contribution < -0.4 is 25.6 Å². The average molecular weight is 919 g/mol. The molecule has 0 saturated carbocycles. The number of aromatic nitrogens is 1. The van der Waals surface area contributed by atoms with E-state index in [1.54, 1.807) is 0 Å². The summed E-state index contributed by atoms with van der Waals surface area (Å²) in [6, 6.07) is 68.1. The van der Waals surface area contributed by atoms with Gasteiger partial charge < -0.3 is 19.1 Å². The molecule has 14 rings (SSSR count). The minimum atomic E-state index is -0.291. The number of rotatable bonds is 3. The molecule has 0 spiro atoms. The molecular formula is C65H50N4O2. The van der Waals surface area contributed by atoms with E-state index in [1.807, 2.05) is 12.1 Å². The van der Waals surface area contributed by atoms with Gasteiger partial charge in [0.15, 0.2) is 10.9 Å². The van der Waals surface area contributed by atoms with Gasteiger partial charge in [0.05, 0.1) is 50.7 Å². The Labute approximate surface area is 412 Å². The Morgan fingerprint density at radius 3 is 0.845 bits per heavy atom. The molecule has 342 valence electrons. The second-order valence-electron chi connectivity index (χ2n) is 21.3. The van der Waals surface area contributed by atoms with E-state index in [1.165, 1.54) is 33.4 Å². The SMILES string of the molecule is CC1(C)c2ccccc2N(c2ccc3c(c2)c(=O)c2cc(N4c5ccccc5C(C)(C)c5ccccc54)cc4c(=O)c5cc(N6c7ccccc7C(C)(C)c7ccccc76)ccc5n3c24)c2ccccc21. The van der Waals surface area contributed by atoms with Gasteiger partial charge in [0, 0.05) is 54.9 Å². The first-order valence-electron chi connectivity index (χ1n) is 24.7. The summed E-state index contributed by atoms with van der Waals surface area (Å²) in [7, 11) is 0. The van der Waals surface area contributed by atoms with Crippen LogP contribution in [-0.4, -0.2) is 4.40 Å². The summed E-state index contributed by atoms with van der Waals surface area (Å²) in [5, 5.41) is 2.13. The molecule has 0 saturated heterocycles. The first-order valence-corrected chi connectivity index (χ1v) is 24.7. The summed E-state index contributed by atoms with van der Waals surface area (Å²) in [6.07, 6.45) is 0. The predicted molar refractivity (Wildman–Crippen MR) is 294 cm³/mol. The number of para-hydroxylation sites is 6. The van der Waals surface area contributed by atoms with Gasteiger partial charge >= 0.3 is 0 Å². The zero-order chi connectivity index (χ0) is 48.3. The van der Waals surface area contributed by atoms with Gasteiger partial charge in [-0.1, -0.05) is 151 Å². The van der Waals surface area contributed by atoms with E-state index in [0.717, 1.165) is 62.2 Å². The van der Waals surface area contributed by atoms with Crippen molar-refractivity contribution in [3.05, 3.63) is 248 Å². The van der Waals surface area contributed by atoms with Gasteiger partial charge in [-0.05, 0) is 118 Å². The van der Waals surface area contributed by atoms with E-state index in [4.69, 9.17) is 0 Å². The highest BCUT2D eigenvalue weighted by atomic mass is 16.1. The smallest absolute Gasteiger partial charge is 0.197 e. The van der Waals surface area contributed by atoms with Gasteiger partial charge in [-0.25, -0.2) is 0 Å². The van der Waals surface area contributed by atoms with Crippen molar-refractivity contribution in [1.82, 2.24) is 4.40 Å². The highest BCUT2D eigenvalue weighted by Crippen LogP contribution is 2.55. The van der Waals surface area contributed by atoms with Crippen LogP contribution in [0.5, 0.6) is 0 Å². The summed E-state index contributed by atoms with van der Waals surface area (Å²) in [4.78, 5) is 38.4. The number of fused-ring (bicyclic) bond motifs is 10. The summed E-state index contributed by atoms with van der Waals surface area (Å²) >= 11 is 0. The lowest BCUT2D eigenvalue weighted by atomic mass is 9.73. The van der Waals surface area contributed by atoms with Crippen LogP contribution in [0.25, 0.3) is 38.1 Å². The molecule has 6 nitrogen and oxygen atoms in total. The molecule has 3 aliphatic rings. The van der Waals surface area contributed by atoms with Crippen molar-refractivity contribution in [3.8, 4) is 0 Å². The van der Waals surface area contributed by atoms with Crippen molar-refractivity contribution in [3.63, 3.8) is 0 Å². The van der Waals surface area contributed by atoms with Gasteiger partial charge in [-0.15, -0.1) is 0 Å². The van der Waals surface area contributed by atoms with Gasteiger partial charge in [-0.2, -0.15) is 0 Å². The van der Waals surface area contributed by atoms with Crippen LogP contribution in [0.2, 0.25) is 0 Å². The molecule has 0 amide bonds. The molecular weight excluding hydrogens is 869 g/mol. The van der Waals surface area contributed by atoms with Crippen molar-refractivity contribution in [1.29, 1.82) is 0 Å². The highest BCUT2D eigenvalue weighted by molar-refractivity contribution is 6.11. The third-order valence-electron chi connectivity index (χ3n) is 16.4. The van der Waals surface area contributed by atoms with Crippen LogP contribution in [0.3, 0.4) is 0 Å². The number of pyridine rings is 2. The van der Waals surface area contributed by atoms with Crippen molar-refractivity contribution in [2.45, 2.75) is 57.8 Å². The van der Waals surface area contributed by atoms with E-state index in [9.17, 15) is 0 Å². The molecule has 6 heteroatoms. The zero-order valence-electron chi connectivity index (χ0n) is 40.6. The maximum Gasteiger partial charge on any atom is 0.197 e. The standard InChI is InChI=1S/C65H50N4O2/c1-63(2)46-19-7-13-25-54(46)66(55-26-14-8-20-47(55)63)39-31-33-52-42(35-39)61(70)44-37-41(68-58-29-17-11-23-50(58)65(5,6)51-24-12-18-30-59(51)68)38-45-60(44)69(52)53-34-32-40(36-43(53)62(45)71)67-56-27-15-9-21-48(56)64(3,4)49-22-10-16-28-57(49)67/h7-38H,1-6H3. The quantitative estimate of drug-likeness (QED) is 0.131. The van der Waals surface area contributed by atoms with E-state index in [2.05, 4.69) is 243 Å². The largest absolute Gasteiger partial charge is 0.310 e. The molecule has 0 atom stereocenters. The first-order chi connectivity index (χ1) is 34.4. The Kier molecular flexibility index (Phi) is 8.36. The predicted octanol–water partition coefficient (Wildman–Crippen LogP) is 15.9. The second kappa shape index (κ2) is 14.3. The third-order valence-corrected chi connectivity index (χ3v) is 16.4. The Morgan fingerprint density at radius 2 is 0.549 bits per heavy atom. The minimum Gasteiger partial charge on any atom is -0.310 e. The molecule has 11 aromatic rings. The molecule has 0 aliphatic carbocycles. The zero-order valence-corrected chi connectivity index (χ0v) is 40.6. The van der Waals surface area contributed by atoms with Gasteiger partial charge in [0.2, 0.25) is 0 Å². The van der Waals surface area contributed by atoms with Crippen LogP contribution >= 0.6 is 0 Å². The maximum absolute atomic E-state index is 15.8. The number of hydrogen-bond donors (Lipinski definition) is 0. The van der Waals surface area contributed by atoms with Gasteiger partial charge in [0.25, 0.3) is 0 Å². The van der Waals surface area contributed by atoms with Crippen molar-refractivity contribution >= 4 is 89.3 Å². The summed E-state index contributed by atoms with van der Waals surface area (Å²) in [5.74, 6) is 0. The fourth-order valence-corrected chi connectivity index (χ4v) is 12.9. The number of anilines is 9. The molecule has 0 unspecified atom stereocenters. The average Bonchev–Trinajstić information content (AvgIpc) is 3.39. The summed E-state index contributed by atoms with van der Waals surface area (Å²) < 4.78 is 2.18. The van der Waals surface area contributed by atoms with Crippen molar-refractivity contribution in [2.75, 3.05) is 14.7 Å². The Morgan fingerprint density at radius 1 is 0.296 bits per heavy atom. The van der Waals surface area contributed by atoms with Crippen LogP contribution in [0.15, 0.2) is 204 Å². The number of nitrogens with zero attached hydrogens (tertiary/aromatic N) is 4. The lowest BCUT2D eigenvalue weighted by molar-refractivity contribution is 0.632. The van der Waals surface area contributed by atoms with E-state index in [-0.39, 0.29) is 27.1 Å². The van der Waals surface area contributed by atoms with Crippen LogP contribution in [0.1, 0.15) is 74.9 Å². The molecule has 9 aromatic carbocycles. The van der Waals surface area contributed by atoms with Crippen molar-refractivity contribution in [2.24, 2.45) is 0 Å². The number of benzene rings is 9. The summed E-state index contributed by atoms with van der Waals surface area (Å²) in [6.45, 7) is 13.7. The fourth-order valence-electron chi connectivity index (χ4n) is 12.9. The van der Waals surface area contributed by atoms with E-state index >= 15 is 9.59 Å². The molecule has 0 N–H and O–H groups in total. The van der Waals surface area contributed by atoms with Crippen LogP contribution in [0, 0.1) is 0 Å². The topological polar surface area (TPSA) is 48.3 Å². The Hall–Kier alpha value is -8.48. The second-order valence-corrected chi connectivity index (χ2v) is 21.3. The molecule has 71 heavy (non-hydrogen) atoms. The Balaban J connectivity index is 1.09.